The number of methoxy groups -OCH3 is 1. The van der Waals surface area contributed by atoms with E-state index in [1.807, 2.05) is 34.9 Å². The summed E-state index contributed by atoms with van der Waals surface area (Å²) < 4.78 is 7.09. The van der Waals surface area contributed by atoms with Crippen LogP contribution in [0.3, 0.4) is 0 Å². The van der Waals surface area contributed by atoms with E-state index in [0.717, 1.165) is 22.8 Å². The monoisotopic (exact) mass is 226 g/mol. The van der Waals surface area contributed by atoms with Crippen LogP contribution in [0.5, 0.6) is 5.75 Å². The fraction of sp³-hybridized carbons (Fsp3) is 0.0833. The third kappa shape index (κ3) is 1.61. The van der Waals surface area contributed by atoms with Crippen LogP contribution in [0.1, 0.15) is 0 Å². The number of rotatable bonds is 2. The summed E-state index contributed by atoms with van der Waals surface area (Å²) in [6, 6.07) is 7.53. The van der Waals surface area contributed by atoms with Crippen molar-refractivity contribution in [2.45, 2.75) is 0 Å². The molecule has 3 aromatic heterocycles. The van der Waals surface area contributed by atoms with Gasteiger partial charge in [0.05, 0.1) is 13.3 Å². The fourth-order valence-electron chi connectivity index (χ4n) is 1.69. The lowest BCUT2D eigenvalue weighted by Gasteiger charge is -2.02. The molecule has 0 fully saturated rings. The molecular formula is C12H10N4O. The molecule has 0 saturated carbocycles. The highest BCUT2D eigenvalue weighted by Gasteiger charge is 2.07. The van der Waals surface area contributed by atoms with Gasteiger partial charge in [0.2, 0.25) is 0 Å². The van der Waals surface area contributed by atoms with Gasteiger partial charge >= 0.3 is 0 Å². The molecule has 0 amide bonds. The molecular weight excluding hydrogens is 216 g/mol. The van der Waals surface area contributed by atoms with E-state index < -0.39 is 0 Å². The Labute approximate surface area is 97.7 Å². The molecule has 3 heterocycles. The maximum absolute atomic E-state index is 5.19. The molecule has 3 rings (SSSR count). The lowest BCUT2D eigenvalue weighted by Crippen LogP contribution is -1.91. The molecule has 0 saturated heterocycles. The van der Waals surface area contributed by atoms with E-state index in [1.165, 1.54) is 0 Å². The van der Waals surface area contributed by atoms with Crippen molar-refractivity contribution < 1.29 is 4.74 Å². The molecule has 0 radical (unpaired) electrons. The van der Waals surface area contributed by atoms with Crippen LogP contribution in [0.4, 0.5) is 0 Å². The van der Waals surface area contributed by atoms with Gasteiger partial charge in [-0.05, 0) is 24.3 Å². The normalized spacial score (nSPS) is 10.6. The first kappa shape index (κ1) is 9.77. The molecule has 0 spiro atoms. The van der Waals surface area contributed by atoms with Gasteiger partial charge in [0.25, 0.3) is 0 Å². The molecule has 0 aliphatic heterocycles. The van der Waals surface area contributed by atoms with Crippen molar-refractivity contribution in [1.82, 2.24) is 19.6 Å². The summed E-state index contributed by atoms with van der Waals surface area (Å²) in [5, 5.41) is 8.28. The zero-order chi connectivity index (χ0) is 11.7. The van der Waals surface area contributed by atoms with Crippen molar-refractivity contribution in [2.24, 2.45) is 0 Å². The van der Waals surface area contributed by atoms with Crippen LogP contribution >= 0.6 is 0 Å². The molecule has 0 unspecified atom stereocenters. The topological polar surface area (TPSA) is 52.3 Å². The van der Waals surface area contributed by atoms with E-state index in [9.17, 15) is 0 Å². The van der Waals surface area contributed by atoms with E-state index in [0.29, 0.717) is 0 Å². The summed E-state index contributed by atoms with van der Waals surface area (Å²) in [6.07, 6.45) is 5.33. The molecule has 84 valence electrons. The predicted molar refractivity (Wildman–Crippen MR) is 62.8 cm³/mol. The van der Waals surface area contributed by atoms with E-state index in [-0.39, 0.29) is 0 Å². The van der Waals surface area contributed by atoms with Gasteiger partial charge in [0.15, 0.2) is 11.5 Å². The molecule has 5 heteroatoms. The van der Waals surface area contributed by atoms with Gasteiger partial charge in [-0.25, -0.2) is 0 Å². The summed E-state index contributed by atoms with van der Waals surface area (Å²) in [5.74, 6) is 1.55. The second-order valence-corrected chi connectivity index (χ2v) is 3.56. The maximum Gasteiger partial charge on any atom is 0.168 e. The van der Waals surface area contributed by atoms with Gasteiger partial charge in [-0.15, -0.1) is 10.2 Å². The Morgan fingerprint density at radius 3 is 2.65 bits per heavy atom. The number of ether oxygens (including phenoxy) is 1. The molecule has 0 aliphatic rings. The van der Waals surface area contributed by atoms with Crippen LogP contribution in [0.2, 0.25) is 0 Å². The Morgan fingerprint density at radius 1 is 1.06 bits per heavy atom. The smallest absolute Gasteiger partial charge is 0.168 e. The molecule has 5 nitrogen and oxygen atoms in total. The van der Waals surface area contributed by atoms with Crippen LogP contribution in [0.15, 0.2) is 42.9 Å². The molecule has 0 N–H and O–H groups in total. The highest BCUT2D eigenvalue weighted by Crippen LogP contribution is 2.20. The first-order valence-corrected chi connectivity index (χ1v) is 5.17. The van der Waals surface area contributed by atoms with E-state index in [1.54, 1.807) is 19.5 Å². The van der Waals surface area contributed by atoms with Crippen molar-refractivity contribution in [1.29, 1.82) is 0 Å². The number of aromatic nitrogens is 4. The van der Waals surface area contributed by atoms with Gasteiger partial charge < -0.3 is 4.74 Å². The van der Waals surface area contributed by atoms with E-state index in [2.05, 4.69) is 15.2 Å². The lowest BCUT2D eigenvalue weighted by molar-refractivity contribution is 0.412. The average molecular weight is 226 g/mol. The van der Waals surface area contributed by atoms with Gasteiger partial charge in [-0.1, -0.05) is 0 Å². The molecule has 17 heavy (non-hydrogen) atoms. The zero-order valence-electron chi connectivity index (χ0n) is 9.24. The second-order valence-electron chi connectivity index (χ2n) is 3.56. The highest BCUT2D eigenvalue weighted by molar-refractivity contribution is 5.59. The number of hydrogen-bond donors (Lipinski definition) is 0. The van der Waals surface area contributed by atoms with Crippen molar-refractivity contribution in [3.8, 4) is 17.1 Å². The number of hydrogen-bond acceptors (Lipinski definition) is 4. The first-order chi connectivity index (χ1) is 8.38. The molecule has 3 aromatic rings. The second kappa shape index (κ2) is 3.86. The average Bonchev–Trinajstić information content (AvgIpc) is 2.82. The number of nitrogens with zero attached hydrogens (tertiary/aromatic N) is 4. The summed E-state index contributed by atoms with van der Waals surface area (Å²) >= 11 is 0. The third-order valence-electron chi connectivity index (χ3n) is 2.55. The Morgan fingerprint density at radius 2 is 1.88 bits per heavy atom. The predicted octanol–water partition coefficient (Wildman–Crippen LogP) is 1.80. The lowest BCUT2D eigenvalue weighted by atomic mass is 10.2. The third-order valence-corrected chi connectivity index (χ3v) is 2.55. The molecule has 0 atom stereocenters. The van der Waals surface area contributed by atoms with Crippen LogP contribution in [0, 0.1) is 0 Å². The largest absolute Gasteiger partial charge is 0.495 e. The summed E-state index contributed by atoms with van der Waals surface area (Å²) in [5.41, 5.74) is 1.76. The van der Waals surface area contributed by atoms with Crippen LogP contribution in [-0.2, 0) is 0 Å². The summed E-state index contributed by atoms with van der Waals surface area (Å²) in [4.78, 5) is 3.99. The molecule has 0 aromatic carbocycles. The minimum atomic E-state index is 0.771. The van der Waals surface area contributed by atoms with Gasteiger partial charge in [-0.2, -0.15) is 0 Å². The molecule has 0 aliphatic carbocycles. The number of pyridine rings is 2. The SMILES string of the molecule is COc1ccc2nnc(-c3ccncc3)n2c1. The number of fused-ring (bicyclic) bond motifs is 1. The summed E-state index contributed by atoms with van der Waals surface area (Å²) in [6.45, 7) is 0. The zero-order valence-corrected chi connectivity index (χ0v) is 9.24. The van der Waals surface area contributed by atoms with E-state index >= 15 is 0 Å². The standard InChI is InChI=1S/C12H10N4O/c1-17-10-2-3-11-14-15-12(16(11)8-10)9-4-6-13-7-5-9/h2-8H,1H3. The van der Waals surface area contributed by atoms with Crippen LogP contribution in [0.25, 0.3) is 17.0 Å². The van der Waals surface area contributed by atoms with Crippen molar-refractivity contribution in [3.05, 3.63) is 42.9 Å². The van der Waals surface area contributed by atoms with Gasteiger partial charge in [-0.3, -0.25) is 9.38 Å². The van der Waals surface area contributed by atoms with Gasteiger partial charge in [0, 0.05) is 18.0 Å². The van der Waals surface area contributed by atoms with Crippen molar-refractivity contribution in [2.75, 3.05) is 7.11 Å². The quantitative estimate of drug-likeness (QED) is 0.668. The first-order valence-electron chi connectivity index (χ1n) is 5.17. The van der Waals surface area contributed by atoms with Crippen LogP contribution in [-0.4, -0.2) is 26.7 Å². The Bertz CT molecular complexity index is 648. The fourth-order valence-corrected chi connectivity index (χ4v) is 1.69. The van der Waals surface area contributed by atoms with E-state index in [4.69, 9.17) is 4.74 Å². The molecule has 0 bridgehead atoms. The Balaban J connectivity index is 2.23. The summed E-state index contributed by atoms with van der Waals surface area (Å²) in [7, 11) is 1.64. The van der Waals surface area contributed by atoms with Crippen LogP contribution < -0.4 is 4.74 Å². The van der Waals surface area contributed by atoms with Gasteiger partial charge in [0.1, 0.15) is 5.75 Å². The minimum Gasteiger partial charge on any atom is -0.495 e. The minimum absolute atomic E-state index is 0.771. The maximum atomic E-state index is 5.19. The van der Waals surface area contributed by atoms with Crippen molar-refractivity contribution in [3.63, 3.8) is 0 Å². The Kier molecular flexibility index (Phi) is 2.22. The Hall–Kier alpha value is -2.43. The van der Waals surface area contributed by atoms with Crippen molar-refractivity contribution >= 4 is 5.65 Å². The highest BCUT2D eigenvalue weighted by atomic mass is 16.5.